The lowest BCUT2D eigenvalue weighted by molar-refractivity contribution is 0.0440. The number of nitrogens with one attached hydrogen (secondary N) is 1. The van der Waals surface area contributed by atoms with E-state index in [-0.39, 0.29) is 39.0 Å². The molecule has 1 aliphatic carbocycles. The second kappa shape index (κ2) is 7.36. The molecule has 0 aliphatic heterocycles. The Balaban J connectivity index is 1.55. The topological polar surface area (TPSA) is 98.5 Å². The molecule has 0 atom stereocenters. The summed E-state index contributed by atoms with van der Waals surface area (Å²) in [5, 5.41) is -0.0911. The van der Waals surface area contributed by atoms with E-state index in [1.54, 1.807) is 18.2 Å². The first-order chi connectivity index (χ1) is 13.3. The quantitative estimate of drug-likeness (QED) is 0.582. The number of benzene rings is 2. The Morgan fingerprint density at radius 1 is 1.21 bits per heavy atom. The molecular weight excluding hydrogens is 427 g/mol. The van der Waals surface area contributed by atoms with Crippen molar-refractivity contribution in [1.29, 1.82) is 0 Å². The zero-order chi connectivity index (χ0) is 19.9. The summed E-state index contributed by atoms with van der Waals surface area (Å²) in [7, 11) is -3.86. The van der Waals surface area contributed by atoms with Crippen LogP contribution in [0.5, 0.6) is 0 Å². The number of hydrogen-bond acceptors (Lipinski definition) is 6. The van der Waals surface area contributed by atoms with Crippen LogP contribution in [0, 0.1) is 0 Å². The van der Waals surface area contributed by atoms with Gasteiger partial charge in [-0.05, 0) is 37.1 Å². The zero-order valence-corrected chi connectivity index (χ0v) is 16.6. The number of aromatic nitrogens is 1. The van der Waals surface area contributed by atoms with E-state index in [0.717, 1.165) is 18.9 Å². The van der Waals surface area contributed by atoms with Crippen molar-refractivity contribution in [2.75, 3.05) is 0 Å². The van der Waals surface area contributed by atoms with E-state index in [1.165, 1.54) is 6.07 Å². The first kappa shape index (κ1) is 19.2. The number of oxazole rings is 1. The van der Waals surface area contributed by atoms with Crippen molar-refractivity contribution < 1.29 is 22.4 Å². The number of ether oxygens (including phenoxy) is 1. The Morgan fingerprint density at radius 3 is 2.68 bits per heavy atom. The molecule has 1 N–H and O–H groups in total. The number of fused-ring (bicyclic) bond motifs is 1. The zero-order valence-electron chi connectivity index (χ0n) is 14.3. The monoisotopic (exact) mass is 440 g/mol. The molecule has 10 heteroatoms. The van der Waals surface area contributed by atoms with Crippen LogP contribution in [0.1, 0.15) is 29.1 Å². The summed E-state index contributed by atoms with van der Waals surface area (Å²) in [4.78, 5) is 16.4. The fourth-order valence-electron chi connectivity index (χ4n) is 2.56. The fourth-order valence-corrected chi connectivity index (χ4v) is 4.72. The molecule has 0 spiro atoms. The molecule has 0 amide bonds. The number of carbonyl (C=O) groups excluding carboxylic acids is 1. The average molecular weight is 441 g/mol. The van der Waals surface area contributed by atoms with Gasteiger partial charge in [-0.2, -0.15) is 0 Å². The standard InChI is InChI=1S/C18H14Cl2N2O5S/c19-12-8-13(20)16(28(24,25)22-10-5-6-10)7-11(12)18(23)26-9-17-21-14-3-1-2-4-15(14)27-17/h1-4,7-8,10,22H,5-6,9H2. The van der Waals surface area contributed by atoms with Crippen molar-refractivity contribution >= 4 is 50.3 Å². The number of carbonyl (C=O) groups is 1. The van der Waals surface area contributed by atoms with Gasteiger partial charge in [0, 0.05) is 6.04 Å². The van der Waals surface area contributed by atoms with Crippen LogP contribution in [0.2, 0.25) is 10.0 Å². The van der Waals surface area contributed by atoms with Gasteiger partial charge in [-0.15, -0.1) is 0 Å². The number of para-hydroxylation sites is 2. The van der Waals surface area contributed by atoms with Crippen LogP contribution in [-0.4, -0.2) is 25.4 Å². The summed E-state index contributed by atoms with van der Waals surface area (Å²) in [6, 6.07) is 9.34. The molecule has 146 valence electrons. The summed E-state index contributed by atoms with van der Waals surface area (Å²) in [5.41, 5.74) is 1.09. The highest BCUT2D eigenvalue weighted by Gasteiger charge is 2.30. The average Bonchev–Trinajstić information content (AvgIpc) is 3.33. The molecule has 1 heterocycles. The Labute approximate surface area is 170 Å². The van der Waals surface area contributed by atoms with Crippen LogP contribution in [0.4, 0.5) is 0 Å². The summed E-state index contributed by atoms with van der Waals surface area (Å²) in [6.07, 6.45) is 1.54. The maximum absolute atomic E-state index is 12.5. The van der Waals surface area contributed by atoms with Gasteiger partial charge in [0.15, 0.2) is 12.2 Å². The van der Waals surface area contributed by atoms with Crippen molar-refractivity contribution in [3.05, 3.63) is 57.9 Å². The lowest BCUT2D eigenvalue weighted by atomic mass is 10.2. The second-order valence-corrected chi connectivity index (χ2v) is 8.81. The molecule has 0 bridgehead atoms. The molecule has 1 fully saturated rings. The lowest BCUT2D eigenvalue weighted by Gasteiger charge is -2.11. The van der Waals surface area contributed by atoms with Crippen molar-refractivity contribution in [2.24, 2.45) is 0 Å². The Morgan fingerprint density at radius 2 is 1.96 bits per heavy atom. The molecule has 0 unspecified atom stereocenters. The predicted octanol–water partition coefficient (Wildman–Crippen LogP) is 3.93. The van der Waals surface area contributed by atoms with Gasteiger partial charge in [-0.25, -0.2) is 22.9 Å². The van der Waals surface area contributed by atoms with Crippen molar-refractivity contribution in [3.8, 4) is 0 Å². The van der Waals surface area contributed by atoms with Gasteiger partial charge in [-0.1, -0.05) is 35.3 Å². The van der Waals surface area contributed by atoms with E-state index in [1.807, 2.05) is 6.07 Å². The van der Waals surface area contributed by atoms with Gasteiger partial charge in [0.1, 0.15) is 10.4 Å². The number of sulfonamides is 1. The van der Waals surface area contributed by atoms with Gasteiger partial charge in [0.05, 0.1) is 15.6 Å². The SMILES string of the molecule is O=C(OCc1nc2ccccc2o1)c1cc(S(=O)(=O)NC2CC2)c(Cl)cc1Cl. The molecule has 7 nitrogen and oxygen atoms in total. The smallest absolute Gasteiger partial charge is 0.340 e. The van der Waals surface area contributed by atoms with Gasteiger partial charge in [0.2, 0.25) is 15.9 Å². The highest BCUT2D eigenvalue weighted by atomic mass is 35.5. The molecule has 3 aromatic rings. The summed E-state index contributed by atoms with van der Waals surface area (Å²) >= 11 is 12.1. The van der Waals surface area contributed by atoms with E-state index in [4.69, 9.17) is 32.4 Å². The molecule has 4 rings (SSSR count). The third-order valence-electron chi connectivity index (χ3n) is 4.10. The fraction of sp³-hybridized carbons (Fsp3) is 0.222. The first-order valence-electron chi connectivity index (χ1n) is 8.36. The van der Waals surface area contributed by atoms with Crippen LogP contribution in [0.3, 0.4) is 0 Å². The van der Waals surface area contributed by atoms with E-state index in [9.17, 15) is 13.2 Å². The second-order valence-electron chi connectivity index (χ2n) is 6.31. The number of nitrogens with zero attached hydrogens (tertiary/aromatic N) is 1. The van der Waals surface area contributed by atoms with Crippen molar-refractivity contribution in [3.63, 3.8) is 0 Å². The Hall–Kier alpha value is -2.13. The molecule has 1 aromatic heterocycles. The minimum atomic E-state index is -3.86. The maximum atomic E-state index is 12.5. The number of esters is 1. The minimum Gasteiger partial charge on any atom is -0.452 e. The minimum absolute atomic E-state index is 0.0158. The Bertz CT molecular complexity index is 1140. The molecule has 1 saturated carbocycles. The number of hydrogen-bond donors (Lipinski definition) is 1. The summed E-state index contributed by atoms with van der Waals surface area (Å²) < 4.78 is 38.1. The largest absolute Gasteiger partial charge is 0.452 e. The first-order valence-corrected chi connectivity index (χ1v) is 10.6. The molecule has 28 heavy (non-hydrogen) atoms. The molecular formula is C18H14Cl2N2O5S. The van der Waals surface area contributed by atoms with E-state index < -0.39 is 16.0 Å². The normalized spacial score (nSPS) is 14.4. The number of halogens is 2. The van der Waals surface area contributed by atoms with Gasteiger partial charge >= 0.3 is 5.97 Å². The highest BCUT2D eigenvalue weighted by Crippen LogP contribution is 2.31. The summed E-state index contributed by atoms with van der Waals surface area (Å²) in [5.74, 6) is -0.602. The van der Waals surface area contributed by atoms with E-state index in [0.29, 0.717) is 11.1 Å². The molecule has 2 aromatic carbocycles. The predicted molar refractivity (Wildman–Crippen MR) is 103 cm³/mol. The van der Waals surface area contributed by atoms with Crippen LogP contribution >= 0.6 is 23.2 Å². The van der Waals surface area contributed by atoms with E-state index in [2.05, 4.69) is 9.71 Å². The molecule has 1 aliphatic rings. The van der Waals surface area contributed by atoms with Crippen LogP contribution in [0.15, 0.2) is 45.7 Å². The van der Waals surface area contributed by atoms with Gasteiger partial charge in [0.25, 0.3) is 0 Å². The van der Waals surface area contributed by atoms with Gasteiger partial charge in [-0.3, -0.25) is 0 Å². The number of rotatable bonds is 6. The van der Waals surface area contributed by atoms with Crippen LogP contribution < -0.4 is 4.72 Å². The molecule has 0 radical (unpaired) electrons. The lowest BCUT2D eigenvalue weighted by Crippen LogP contribution is -2.26. The van der Waals surface area contributed by atoms with Crippen LogP contribution in [0.25, 0.3) is 11.1 Å². The maximum Gasteiger partial charge on any atom is 0.340 e. The Kier molecular flexibility index (Phi) is 5.05. The van der Waals surface area contributed by atoms with Gasteiger partial charge < -0.3 is 9.15 Å². The van der Waals surface area contributed by atoms with E-state index >= 15 is 0 Å². The third-order valence-corrected chi connectivity index (χ3v) is 6.39. The third kappa shape index (κ3) is 4.00. The van der Waals surface area contributed by atoms with Crippen LogP contribution in [-0.2, 0) is 21.4 Å². The van der Waals surface area contributed by atoms with Crippen molar-refractivity contribution in [2.45, 2.75) is 30.4 Å². The highest BCUT2D eigenvalue weighted by molar-refractivity contribution is 7.89. The van der Waals surface area contributed by atoms with Crippen molar-refractivity contribution in [1.82, 2.24) is 9.71 Å². The summed E-state index contributed by atoms with van der Waals surface area (Å²) in [6.45, 7) is -0.227. The molecule has 0 saturated heterocycles.